The molecule has 0 bridgehead atoms. The molecule has 1 fully saturated rings. The van der Waals surface area contributed by atoms with Crippen molar-refractivity contribution in [3.8, 4) is 6.07 Å². The Bertz CT molecular complexity index is 2080. The zero-order chi connectivity index (χ0) is 32.8. The first kappa shape index (κ1) is 30.9. The number of likely N-dealkylation sites (tertiary alicyclic amines) is 1. The zero-order valence-electron chi connectivity index (χ0n) is 26.0. The highest BCUT2D eigenvalue weighted by molar-refractivity contribution is 7.18. The Kier molecular flexibility index (Phi) is 7.97. The second-order valence-electron chi connectivity index (χ2n) is 12.5. The molecule has 7 rings (SSSR count). The van der Waals surface area contributed by atoms with Crippen LogP contribution in [0.1, 0.15) is 45.8 Å². The number of anilines is 1. The molecule has 6 aromatic rings. The summed E-state index contributed by atoms with van der Waals surface area (Å²) in [6, 6.07) is 10.1. The van der Waals surface area contributed by atoms with E-state index in [1.165, 1.54) is 11.9 Å². The Morgan fingerprint density at radius 2 is 1.94 bits per heavy atom. The summed E-state index contributed by atoms with van der Waals surface area (Å²) in [4.78, 5) is 16.6. The second-order valence-corrected chi connectivity index (χ2v) is 13.6. The first-order valence-electron chi connectivity index (χ1n) is 15.4. The van der Waals surface area contributed by atoms with Gasteiger partial charge in [-0.3, -0.25) is 10.00 Å². The van der Waals surface area contributed by atoms with Crippen molar-refractivity contribution in [1.82, 2.24) is 39.2 Å². The minimum absolute atomic E-state index is 0.218. The van der Waals surface area contributed by atoms with Gasteiger partial charge in [0.15, 0.2) is 0 Å². The standard InChI is InChI=1S/C33H33F3N10S/c1-21-23(3-4-29-27(21)9-25(13-37)46(29)16-22-14-41-42-15-22)17-45-7-5-32(6-8-45,11-24-18-44(2)20-40-24)43-30-28-10-26(12-33(34,35)36)47-31(28)39-19-38-30/h3-4,9-10,14-15,18-20H,5-8,11-12,16-17H2,1-2H3,(H,41,42)(H,38,39,43). The molecule has 1 aromatic carbocycles. The Morgan fingerprint density at radius 1 is 1.11 bits per heavy atom. The highest BCUT2D eigenvalue weighted by Gasteiger charge is 2.37. The van der Waals surface area contributed by atoms with Gasteiger partial charge in [-0.2, -0.15) is 23.5 Å². The number of imidazole rings is 1. The van der Waals surface area contributed by atoms with Crippen LogP contribution >= 0.6 is 11.3 Å². The number of aryl methyl sites for hydroxylation is 2. The average Bonchev–Trinajstić information content (AvgIpc) is 3.83. The highest BCUT2D eigenvalue weighted by atomic mass is 32.1. The van der Waals surface area contributed by atoms with Crippen LogP contribution in [0.25, 0.3) is 21.1 Å². The van der Waals surface area contributed by atoms with Crippen molar-refractivity contribution >= 4 is 38.3 Å². The molecule has 0 aliphatic carbocycles. The third kappa shape index (κ3) is 6.45. The number of nitrogens with zero attached hydrogens (tertiary/aromatic N) is 8. The van der Waals surface area contributed by atoms with Gasteiger partial charge in [-0.05, 0) is 49.1 Å². The molecular weight excluding hydrogens is 625 g/mol. The maximum Gasteiger partial charge on any atom is 0.393 e. The second kappa shape index (κ2) is 12.1. The third-order valence-corrected chi connectivity index (χ3v) is 10.1. The molecule has 1 aliphatic rings. The summed E-state index contributed by atoms with van der Waals surface area (Å²) in [6.07, 6.45) is 5.76. The Balaban J connectivity index is 1.12. The molecule has 0 amide bonds. The van der Waals surface area contributed by atoms with Gasteiger partial charge in [0.2, 0.25) is 0 Å². The smallest absolute Gasteiger partial charge is 0.364 e. The van der Waals surface area contributed by atoms with E-state index in [1.54, 1.807) is 18.6 Å². The number of rotatable bonds is 9. The van der Waals surface area contributed by atoms with Gasteiger partial charge in [0.25, 0.3) is 0 Å². The molecule has 0 radical (unpaired) electrons. The lowest BCUT2D eigenvalue weighted by molar-refractivity contribution is -0.126. The summed E-state index contributed by atoms with van der Waals surface area (Å²) in [5.41, 5.74) is 5.54. The van der Waals surface area contributed by atoms with E-state index in [2.05, 4.69) is 60.5 Å². The quantitative estimate of drug-likeness (QED) is 0.192. The number of benzene rings is 1. The molecule has 0 spiro atoms. The number of fused-ring (bicyclic) bond motifs is 2. The summed E-state index contributed by atoms with van der Waals surface area (Å²) in [6.45, 7) is 5.05. The molecule has 1 aliphatic heterocycles. The summed E-state index contributed by atoms with van der Waals surface area (Å²) in [5, 5.41) is 22.1. The first-order chi connectivity index (χ1) is 22.6. The van der Waals surface area contributed by atoms with Crippen molar-refractivity contribution in [2.24, 2.45) is 7.05 Å². The Hall–Kier alpha value is -4.74. The van der Waals surface area contributed by atoms with Crippen molar-refractivity contribution in [3.05, 3.63) is 88.5 Å². The third-order valence-electron chi connectivity index (χ3n) is 9.10. The van der Waals surface area contributed by atoms with Crippen molar-refractivity contribution in [2.75, 3.05) is 18.4 Å². The van der Waals surface area contributed by atoms with Crippen LogP contribution in [0, 0.1) is 18.3 Å². The normalized spacial score (nSPS) is 15.4. The number of aromatic nitrogens is 7. The minimum Gasteiger partial charge on any atom is -0.364 e. The fourth-order valence-electron chi connectivity index (χ4n) is 6.67. The van der Waals surface area contributed by atoms with Crippen LogP contribution in [0.4, 0.5) is 19.0 Å². The number of hydrogen-bond donors (Lipinski definition) is 2. The molecule has 0 unspecified atom stereocenters. The summed E-state index contributed by atoms with van der Waals surface area (Å²) in [7, 11) is 1.94. The van der Waals surface area contributed by atoms with Crippen molar-refractivity contribution in [2.45, 2.75) is 57.4 Å². The number of halogens is 3. The fraction of sp³-hybridized carbons (Fsp3) is 0.364. The molecule has 10 nitrogen and oxygen atoms in total. The molecule has 2 N–H and O–H groups in total. The number of nitrogens with one attached hydrogen (secondary N) is 2. The summed E-state index contributed by atoms with van der Waals surface area (Å²) >= 11 is 1.06. The number of aromatic amines is 1. The van der Waals surface area contributed by atoms with Crippen molar-refractivity contribution < 1.29 is 13.2 Å². The van der Waals surface area contributed by atoms with Crippen LogP contribution < -0.4 is 5.32 Å². The molecule has 6 heterocycles. The van der Waals surface area contributed by atoms with E-state index in [9.17, 15) is 18.4 Å². The number of piperidine rings is 1. The maximum atomic E-state index is 13.2. The lowest BCUT2D eigenvalue weighted by Gasteiger charge is -2.43. The zero-order valence-corrected chi connectivity index (χ0v) is 26.8. The van der Waals surface area contributed by atoms with Crippen LogP contribution in [0.15, 0.2) is 55.5 Å². The van der Waals surface area contributed by atoms with Crippen LogP contribution in [-0.2, 0) is 33.0 Å². The minimum atomic E-state index is -4.29. The molecule has 5 aromatic heterocycles. The van der Waals surface area contributed by atoms with Crippen molar-refractivity contribution in [3.63, 3.8) is 0 Å². The van der Waals surface area contributed by atoms with Gasteiger partial charge in [-0.25, -0.2) is 15.0 Å². The van der Waals surface area contributed by atoms with Crippen LogP contribution in [0.5, 0.6) is 0 Å². The molecular formula is C33H33F3N10S. The van der Waals surface area contributed by atoms with Gasteiger partial charge in [0.05, 0.1) is 36.6 Å². The molecule has 0 atom stereocenters. The summed E-state index contributed by atoms with van der Waals surface area (Å²) < 4.78 is 43.5. The topological polar surface area (TPSA) is 116 Å². The van der Waals surface area contributed by atoms with Gasteiger partial charge >= 0.3 is 6.18 Å². The van der Waals surface area contributed by atoms with Crippen molar-refractivity contribution in [1.29, 1.82) is 5.26 Å². The molecule has 47 heavy (non-hydrogen) atoms. The van der Waals surface area contributed by atoms with Crippen LogP contribution in [0.2, 0.25) is 0 Å². The predicted octanol–water partition coefficient (Wildman–Crippen LogP) is 6.13. The van der Waals surface area contributed by atoms with E-state index in [-0.39, 0.29) is 4.88 Å². The van der Waals surface area contributed by atoms with Crippen LogP contribution in [0.3, 0.4) is 0 Å². The average molecular weight is 659 g/mol. The lowest BCUT2D eigenvalue weighted by atomic mass is 9.83. The predicted molar refractivity (Wildman–Crippen MR) is 174 cm³/mol. The Labute approximate surface area is 272 Å². The van der Waals surface area contributed by atoms with Gasteiger partial charge < -0.3 is 14.5 Å². The molecule has 242 valence electrons. The number of thiophene rings is 1. The SMILES string of the molecule is Cc1c(CN2CCC(Cc3cn(C)cn3)(Nc3ncnc4sc(CC(F)(F)F)cc34)CC2)ccc2c1cc(C#N)n2Cc1cn[nH]c1. The maximum absolute atomic E-state index is 13.2. The number of H-pyrrole nitrogens is 1. The number of alkyl halides is 3. The fourth-order valence-corrected chi connectivity index (χ4v) is 7.70. The highest BCUT2D eigenvalue weighted by Crippen LogP contribution is 2.37. The Morgan fingerprint density at radius 3 is 2.64 bits per heavy atom. The van der Waals surface area contributed by atoms with E-state index in [0.717, 1.165) is 71.5 Å². The van der Waals surface area contributed by atoms with Gasteiger partial charge in [-0.1, -0.05) is 6.07 Å². The number of hydrogen-bond acceptors (Lipinski definition) is 8. The van der Waals surface area contributed by atoms with E-state index >= 15 is 0 Å². The van der Waals surface area contributed by atoms with E-state index in [4.69, 9.17) is 0 Å². The largest absolute Gasteiger partial charge is 0.393 e. The van der Waals surface area contributed by atoms with Gasteiger partial charge in [0.1, 0.15) is 28.7 Å². The first-order valence-corrected chi connectivity index (χ1v) is 16.2. The van der Waals surface area contributed by atoms with Crippen LogP contribution in [-0.4, -0.2) is 64.0 Å². The van der Waals surface area contributed by atoms with Gasteiger partial charge in [-0.15, -0.1) is 11.3 Å². The monoisotopic (exact) mass is 658 g/mol. The molecule has 0 saturated carbocycles. The molecule has 14 heteroatoms. The lowest BCUT2D eigenvalue weighted by Crippen LogP contribution is -2.50. The van der Waals surface area contributed by atoms with E-state index in [1.807, 2.05) is 34.6 Å². The van der Waals surface area contributed by atoms with E-state index in [0.29, 0.717) is 34.7 Å². The van der Waals surface area contributed by atoms with Gasteiger partial charge in [0, 0.05) is 72.4 Å². The number of nitriles is 1. The van der Waals surface area contributed by atoms with E-state index < -0.39 is 18.1 Å². The molecule has 1 saturated heterocycles. The summed E-state index contributed by atoms with van der Waals surface area (Å²) in [5.74, 6) is 0.554.